The van der Waals surface area contributed by atoms with Gasteiger partial charge in [0.1, 0.15) is 0 Å². The molecule has 1 aromatic carbocycles. The molecule has 1 atom stereocenters. The van der Waals surface area contributed by atoms with E-state index in [9.17, 15) is 4.79 Å². The lowest BCUT2D eigenvalue weighted by atomic mass is 10.1. The van der Waals surface area contributed by atoms with Gasteiger partial charge >= 0.3 is 5.97 Å². The number of terminal acetylenes is 1. The summed E-state index contributed by atoms with van der Waals surface area (Å²) in [4.78, 5) is 11.7. The van der Waals surface area contributed by atoms with Crippen molar-refractivity contribution < 1.29 is 14.3 Å². The van der Waals surface area contributed by atoms with Gasteiger partial charge in [-0.25, -0.2) is 4.79 Å². The van der Waals surface area contributed by atoms with Crippen molar-refractivity contribution in [2.75, 3.05) is 7.11 Å². The topological polar surface area (TPSA) is 35.5 Å². The predicted octanol–water partition coefficient (Wildman–Crippen LogP) is 2.01. The first-order valence-electron chi connectivity index (χ1n) is 4.93. The number of ether oxygens (including phenoxy) is 2. The number of carbonyl (C=O) groups is 1. The van der Waals surface area contributed by atoms with Gasteiger partial charge in [0, 0.05) is 7.11 Å². The molecule has 0 unspecified atom stereocenters. The molecule has 3 nitrogen and oxygen atoms in total. The summed E-state index contributed by atoms with van der Waals surface area (Å²) < 4.78 is 10.0. The smallest absolute Gasteiger partial charge is 0.339 e. The minimum atomic E-state index is -0.525. The van der Waals surface area contributed by atoms with Gasteiger partial charge in [-0.1, -0.05) is 24.1 Å². The lowest BCUT2D eigenvalue weighted by Gasteiger charge is -2.10. The zero-order valence-electron chi connectivity index (χ0n) is 9.40. The van der Waals surface area contributed by atoms with E-state index < -0.39 is 12.1 Å². The van der Waals surface area contributed by atoms with E-state index in [0.29, 0.717) is 12.2 Å². The molecule has 0 aliphatic carbocycles. The van der Waals surface area contributed by atoms with E-state index in [1.54, 1.807) is 26.2 Å². The van der Waals surface area contributed by atoms with Crippen LogP contribution in [-0.2, 0) is 16.1 Å². The average Bonchev–Trinajstić information content (AvgIpc) is 2.30. The summed E-state index contributed by atoms with van der Waals surface area (Å²) in [5, 5.41) is 0. The van der Waals surface area contributed by atoms with Crippen LogP contribution >= 0.6 is 0 Å². The van der Waals surface area contributed by atoms with Crippen LogP contribution in [0.3, 0.4) is 0 Å². The van der Waals surface area contributed by atoms with Gasteiger partial charge in [0.2, 0.25) is 0 Å². The van der Waals surface area contributed by atoms with E-state index in [4.69, 9.17) is 15.9 Å². The van der Waals surface area contributed by atoms with E-state index in [1.165, 1.54) is 0 Å². The Morgan fingerprint density at radius 2 is 2.19 bits per heavy atom. The third kappa shape index (κ3) is 3.11. The van der Waals surface area contributed by atoms with Crippen molar-refractivity contribution >= 4 is 5.97 Å². The van der Waals surface area contributed by atoms with Crippen LogP contribution in [0.2, 0.25) is 0 Å². The standard InChI is InChI=1S/C13H14O3/c1-4-10(2)16-13(14)12-8-6-5-7-11(12)9-15-3/h1,5-8,10H,9H2,2-3H3/t10-/m0/s1. The first-order chi connectivity index (χ1) is 7.69. The van der Waals surface area contributed by atoms with Crippen LogP contribution < -0.4 is 0 Å². The Hall–Kier alpha value is -1.79. The molecule has 0 heterocycles. The van der Waals surface area contributed by atoms with Gasteiger partial charge in [-0.05, 0) is 18.6 Å². The monoisotopic (exact) mass is 218 g/mol. The van der Waals surface area contributed by atoms with E-state index in [1.807, 2.05) is 12.1 Å². The van der Waals surface area contributed by atoms with Gasteiger partial charge in [-0.2, -0.15) is 0 Å². The van der Waals surface area contributed by atoms with Crippen molar-refractivity contribution in [3.63, 3.8) is 0 Å². The molecule has 0 radical (unpaired) electrons. The van der Waals surface area contributed by atoms with E-state index >= 15 is 0 Å². The van der Waals surface area contributed by atoms with Gasteiger partial charge in [0.15, 0.2) is 6.10 Å². The molecule has 0 N–H and O–H groups in total. The van der Waals surface area contributed by atoms with Crippen molar-refractivity contribution in [1.82, 2.24) is 0 Å². The molecule has 0 bridgehead atoms. The molecule has 0 aromatic heterocycles. The third-order valence-corrected chi connectivity index (χ3v) is 2.06. The van der Waals surface area contributed by atoms with E-state index in [-0.39, 0.29) is 0 Å². The molecule has 0 aliphatic heterocycles. The van der Waals surface area contributed by atoms with Gasteiger partial charge in [0.05, 0.1) is 12.2 Å². The first-order valence-corrected chi connectivity index (χ1v) is 4.93. The highest BCUT2D eigenvalue weighted by Gasteiger charge is 2.13. The molecule has 16 heavy (non-hydrogen) atoms. The summed E-state index contributed by atoms with van der Waals surface area (Å²) in [7, 11) is 1.58. The van der Waals surface area contributed by atoms with Crippen LogP contribution in [0.1, 0.15) is 22.8 Å². The summed E-state index contributed by atoms with van der Waals surface area (Å²) in [5.74, 6) is 1.92. The minimum absolute atomic E-state index is 0.371. The molecule has 1 aromatic rings. The molecule has 0 aliphatic rings. The Morgan fingerprint density at radius 1 is 1.50 bits per heavy atom. The number of benzene rings is 1. The molecule has 1 rings (SSSR count). The predicted molar refractivity (Wildman–Crippen MR) is 60.9 cm³/mol. The second kappa shape index (κ2) is 5.94. The van der Waals surface area contributed by atoms with Crippen LogP contribution in [-0.4, -0.2) is 19.2 Å². The maximum absolute atomic E-state index is 11.7. The number of carbonyl (C=O) groups excluding carboxylic acids is 1. The second-order valence-corrected chi connectivity index (χ2v) is 3.30. The number of esters is 1. The van der Waals surface area contributed by atoms with Crippen LogP contribution in [0.25, 0.3) is 0 Å². The number of hydrogen-bond acceptors (Lipinski definition) is 3. The van der Waals surface area contributed by atoms with Gasteiger partial charge in [-0.15, -0.1) is 6.42 Å². The minimum Gasteiger partial charge on any atom is -0.446 e. The maximum Gasteiger partial charge on any atom is 0.339 e. The van der Waals surface area contributed by atoms with Crippen molar-refractivity contribution in [2.45, 2.75) is 19.6 Å². The quantitative estimate of drug-likeness (QED) is 0.573. The molecule has 0 spiro atoms. The molecule has 84 valence electrons. The van der Waals surface area contributed by atoms with Crippen molar-refractivity contribution in [2.24, 2.45) is 0 Å². The summed E-state index contributed by atoms with van der Waals surface area (Å²) in [6.07, 6.45) is 4.62. The lowest BCUT2D eigenvalue weighted by molar-refractivity contribution is 0.0434. The van der Waals surface area contributed by atoms with Gasteiger partial charge in [-0.3, -0.25) is 0 Å². The third-order valence-electron chi connectivity index (χ3n) is 2.06. The Bertz CT molecular complexity index is 404. The Balaban J connectivity index is 2.86. The number of rotatable bonds is 4. The van der Waals surface area contributed by atoms with Gasteiger partial charge < -0.3 is 9.47 Å². The van der Waals surface area contributed by atoms with Gasteiger partial charge in [0.25, 0.3) is 0 Å². The molecular weight excluding hydrogens is 204 g/mol. The summed E-state index contributed by atoms with van der Waals surface area (Å²) in [6, 6.07) is 7.13. The Labute approximate surface area is 95.4 Å². The Kier molecular flexibility index (Phi) is 4.56. The highest BCUT2D eigenvalue weighted by atomic mass is 16.5. The normalized spacial score (nSPS) is 11.6. The highest BCUT2D eigenvalue weighted by molar-refractivity contribution is 5.91. The van der Waals surface area contributed by atoms with Crippen molar-refractivity contribution in [1.29, 1.82) is 0 Å². The van der Waals surface area contributed by atoms with Crippen LogP contribution in [0.4, 0.5) is 0 Å². The average molecular weight is 218 g/mol. The molecule has 0 fully saturated rings. The number of hydrogen-bond donors (Lipinski definition) is 0. The fourth-order valence-corrected chi connectivity index (χ4v) is 1.26. The molecule has 3 heteroatoms. The first kappa shape index (κ1) is 12.3. The molecule has 0 saturated carbocycles. The largest absolute Gasteiger partial charge is 0.446 e. The highest BCUT2D eigenvalue weighted by Crippen LogP contribution is 2.12. The van der Waals surface area contributed by atoms with Crippen molar-refractivity contribution in [3.8, 4) is 12.3 Å². The molecular formula is C13H14O3. The molecule has 0 saturated heterocycles. The SMILES string of the molecule is C#C[C@H](C)OC(=O)c1ccccc1COC. The summed E-state index contributed by atoms with van der Waals surface area (Å²) in [6.45, 7) is 2.02. The zero-order valence-corrected chi connectivity index (χ0v) is 9.40. The summed E-state index contributed by atoms with van der Waals surface area (Å²) in [5.41, 5.74) is 1.28. The Morgan fingerprint density at radius 3 is 2.81 bits per heavy atom. The fraction of sp³-hybridized carbons (Fsp3) is 0.308. The van der Waals surface area contributed by atoms with E-state index in [2.05, 4.69) is 5.92 Å². The molecule has 0 amide bonds. The number of methoxy groups -OCH3 is 1. The van der Waals surface area contributed by atoms with Crippen molar-refractivity contribution in [3.05, 3.63) is 35.4 Å². The maximum atomic E-state index is 11.7. The zero-order chi connectivity index (χ0) is 12.0. The lowest BCUT2D eigenvalue weighted by Crippen LogP contribution is -2.15. The van der Waals surface area contributed by atoms with Crippen LogP contribution in [0.15, 0.2) is 24.3 Å². The van der Waals surface area contributed by atoms with Crippen LogP contribution in [0.5, 0.6) is 0 Å². The summed E-state index contributed by atoms with van der Waals surface area (Å²) >= 11 is 0. The van der Waals surface area contributed by atoms with Crippen LogP contribution in [0, 0.1) is 12.3 Å². The second-order valence-electron chi connectivity index (χ2n) is 3.30. The van der Waals surface area contributed by atoms with E-state index in [0.717, 1.165) is 5.56 Å². The fourth-order valence-electron chi connectivity index (χ4n) is 1.26.